The van der Waals surface area contributed by atoms with Crippen molar-refractivity contribution in [1.29, 1.82) is 0 Å². The maximum Gasteiger partial charge on any atom is 0.187 e. The second kappa shape index (κ2) is 13.6. The zero-order valence-electron chi connectivity index (χ0n) is 30.4. The number of nitrogens with zero attached hydrogens (tertiary/aromatic N) is 3. The number of rotatable bonds is 8. The molecule has 49 heavy (non-hydrogen) atoms. The Morgan fingerprint density at radius 1 is 0.449 bits per heavy atom. The van der Waals surface area contributed by atoms with Crippen LogP contribution < -0.4 is 14.7 Å². The number of hydrogen-bond donors (Lipinski definition) is 0. The third kappa shape index (κ3) is 6.03. The van der Waals surface area contributed by atoms with Gasteiger partial charge in [0.25, 0.3) is 0 Å². The normalized spacial score (nSPS) is 14.8. The predicted molar refractivity (Wildman–Crippen MR) is 212 cm³/mol. The van der Waals surface area contributed by atoms with E-state index in [1.54, 1.807) is 0 Å². The zero-order chi connectivity index (χ0) is 34.4. The molecule has 4 heteroatoms. The maximum atomic E-state index is 2.66. The third-order valence-electron chi connectivity index (χ3n) is 10.1. The van der Waals surface area contributed by atoms with E-state index in [4.69, 9.17) is 0 Å². The van der Waals surface area contributed by atoms with Crippen molar-refractivity contribution in [2.24, 2.45) is 0 Å². The number of benzene rings is 5. The van der Waals surface area contributed by atoms with Crippen LogP contribution in [0.25, 0.3) is 0 Å². The molecule has 0 amide bonds. The molecule has 3 nitrogen and oxygen atoms in total. The molecule has 1 fully saturated rings. The fraction of sp³-hybridized carbons (Fsp3) is 0.311. The molecule has 0 saturated carbocycles. The fourth-order valence-corrected chi connectivity index (χ4v) is 8.75. The molecule has 0 bridgehead atoms. The van der Waals surface area contributed by atoms with Crippen LogP contribution >= 0.6 is 11.8 Å². The van der Waals surface area contributed by atoms with Gasteiger partial charge in [0, 0.05) is 45.5 Å². The molecule has 1 radical (unpaired) electrons. The molecular weight excluding hydrogens is 615 g/mol. The first-order chi connectivity index (χ1) is 23.7. The van der Waals surface area contributed by atoms with Crippen molar-refractivity contribution < 1.29 is 0 Å². The summed E-state index contributed by atoms with van der Waals surface area (Å²) < 4.78 is 0. The summed E-state index contributed by atoms with van der Waals surface area (Å²) in [5.74, 6) is 1.66. The van der Waals surface area contributed by atoms with Crippen molar-refractivity contribution in [3.05, 3.63) is 143 Å². The van der Waals surface area contributed by atoms with Crippen LogP contribution in [0.15, 0.2) is 119 Å². The second-order valence-corrected chi connectivity index (χ2v) is 15.8. The number of anilines is 5. The van der Waals surface area contributed by atoms with E-state index in [2.05, 4.69) is 179 Å². The van der Waals surface area contributed by atoms with Crippen molar-refractivity contribution in [2.45, 2.75) is 88.9 Å². The smallest absolute Gasteiger partial charge is 0.187 e. The Balaban J connectivity index is 1.40. The minimum absolute atomic E-state index is 0.414. The Morgan fingerprint density at radius 3 is 1.22 bits per heavy atom. The minimum Gasteiger partial charge on any atom is -0.339 e. The van der Waals surface area contributed by atoms with Gasteiger partial charge in [-0.15, -0.1) is 0 Å². The Labute approximate surface area is 299 Å². The van der Waals surface area contributed by atoms with E-state index in [1.807, 2.05) is 11.8 Å². The maximum absolute atomic E-state index is 2.66. The molecule has 2 aliphatic rings. The van der Waals surface area contributed by atoms with Crippen LogP contribution in [0.5, 0.6) is 0 Å². The highest BCUT2D eigenvalue weighted by molar-refractivity contribution is 7.99. The lowest BCUT2D eigenvalue weighted by Gasteiger charge is -2.37. The van der Waals surface area contributed by atoms with E-state index in [-0.39, 0.29) is 0 Å². The average Bonchev–Trinajstić information content (AvgIpc) is 3.54. The molecule has 2 heterocycles. The highest BCUT2D eigenvalue weighted by Gasteiger charge is 2.40. The summed E-state index contributed by atoms with van der Waals surface area (Å²) in [6.45, 7) is 20.6. The van der Waals surface area contributed by atoms with E-state index >= 15 is 0 Å². The molecule has 0 spiro atoms. The molecule has 0 N–H and O–H groups in total. The van der Waals surface area contributed by atoms with E-state index in [0.717, 1.165) is 13.1 Å². The molecule has 0 aromatic heterocycles. The molecule has 5 aromatic carbocycles. The van der Waals surface area contributed by atoms with Crippen LogP contribution in [0, 0.1) is 6.17 Å². The fourth-order valence-electron chi connectivity index (χ4n) is 7.69. The van der Waals surface area contributed by atoms with Crippen LogP contribution in [0.2, 0.25) is 0 Å². The summed E-state index contributed by atoms with van der Waals surface area (Å²) in [6, 6.07) is 40.8. The van der Waals surface area contributed by atoms with Crippen LogP contribution in [0.4, 0.5) is 28.4 Å². The van der Waals surface area contributed by atoms with Gasteiger partial charge in [-0.25, -0.2) is 0 Å². The van der Waals surface area contributed by atoms with Crippen LogP contribution in [-0.2, 0) is 0 Å². The highest BCUT2D eigenvalue weighted by Crippen LogP contribution is 2.52. The Kier molecular flexibility index (Phi) is 9.28. The number of fused-ring (bicyclic) bond motifs is 2. The van der Waals surface area contributed by atoms with Crippen molar-refractivity contribution in [2.75, 3.05) is 27.8 Å². The molecule has 1 saturated heterocycles. The van der Waals surface area contributed by atoms with Crippen LogP contribution in [-0.4, -0.2) is 13.1 Å². The molecule has 251 valence electrons. The van der Waals surface area contributed by atoms with Gasteiger partial charge in [0.15, 0.2) is 6.17 Å². The second-order valence-electron chi connectivity index (χ2n) is 14.7. The van der Waals surface area contributed by atoms with Crippen molar-refractivity contribution in [1.82, 2.24) is 0 Å². The lowest BCUT2D eigenvalue weighted by atomic mass is 9.90. The standard InChI is InChI=1S/C45H50N3S/c1-29(2)35-15-13-16-36(30(3)4)43(35)46-27-28-47(44-37(31(5)6)17-14-18-38(44)32(7)8)45(46)33-23-25-34(26-24-33)48-39-19-9-11-21-41(39)49-42-22-12-10-20-40(42)48/h9-26,29-32H,27-28H2,1-8H3. The lowest BCUT2D eigenvalue weighted by molar-refractivity contribution is 0.799. The first-order valence-electron chi connectivity index (χ1n) is 18.1. The SMILES string of the molecule is CC(C)c1cccc(C(C)C)c1N1CCN(c2c(C(C)C)cccc2C(C)C)[C]1c1ccc(N2c3ccccc3Sc3ccccc32)cc1. The van der Waals surface area contributed by atoms with Gasteiger partial charge in [0.05, 0.1) is 11.4 Å². The van der Waals surface area contributed by atoms with Crippen molar-refractivity contribution in [3.8, 4) is 0 Å². The topological polar surface area (TPSA) is 9.72 Å². The van der Waals surface area contributed by atoms with Gasteiger partial charge < -0.3 is 14.7 Å². The van der Waals surface area contributed by atoms with Crippen molar-refractivity contribution in [3.63, 3.8) is 0 Å². The Bertz CT molecular complexity index is 1770. The van der Waals surface area contributed by atoms with E-state index in [9.17, 15) is 0 Å². The highest BCUT2D eigenvalue weighted by atomic mass is 32.2. The molecule has 0 atom stereocenters. The van der Waals surface area contributed by atoms with Gasteiger partial charge in [0.2, 0.25) is 0 Å². The summed E-state index contributed by atoms with van der Waals surface area (Å²) in [4.78, 5) is 10.3. The monoisotopic (exact) mass is 664 g/mol. The quantitative estimate of drug-likeness (QED) is 0.160. The van der Waals surface area contributed by atoms with E-state index in [1.165, 1.54) is 72.2 Å². The van der Waals surface area contributed by atoms with Gasteiger partial charge in [0.1, 0.15) is 0 Å². The summed E-state index contributed by atoms with van der Waals surface area (Å²) in [6.07, 6.45) is 1.28. The summed E-state index contributed by atoms with van der Waals surface area (Å²) >= 11 is 1.86. The summed E-state index contributed by atoms with van der Waals surface area (Å²) in [7, 11) is 0. The molecule has 7 rings (SSSR count). The van der Waals surface area contributed by atoms with Crippen molar-refractivity contribution >= 4 is 40.2 Å². The molecule has 5 aromatic rings. The van der Waals surface area contributed by atoms with Gasteiger partial charge in [-0.2, -0.15) is 0 Å². The predicted octanol–water partition coefficient (Wildman–Crippen LogP) is 13.0. The first kappa shape index (κ1) is 33.4. The Morgan fingerprint density at radius 2 is 0.837 bits per heavy atom. The van der Waals surface area contributed by atoms with Gasteiger partial charge >= 0.3 is 0 Å². The van der Waals surface area contributed by atoms with Gasteiger partial charge in [-0.1, -0.05) is 140 Å². The van der Waals surface area contributed by atoms with E-state index in [0.29, 0.717) is 23.7 Å². The molecule has 2 aliphatic heterocycles. The Hall–Kier alpha value is -4.15. The molecular formula is C45H50N3S. The lowest BCUT2D eigenvalue weighted by Crippen LogP contribution is -2.34. The zero-order valence-corrected chi connectivity index (χ0v) is 31.2. The van der Waals surface area contributed by atoms with Crippen LogP contribution in [0.1, 0.15) is 107 Å². The molecule has 0 unspecified atom stereocenters. The largest absolute Gasteiger partial charge is 0.339 e. The number of hydrogen-bond acceptors (Lipinski definition) is 4. The first-order valence-corrected chi connectivity index (χ1v) is 18.9. The number of para-hydroxylation sites is 4. The molecule has 0 aliphatic carbocycles. The van der Waals surface area contributed by atoms with E-state index < -0.39 is 0 Å². The van der Waals surface area contributed by atoms with Gasteiger partial charge in [-0.05, 0) is 82.3 Å². The third-order valence-corrected chi connectivity index (χ3v) is 11.2. The average molecular weight is 665 g/mol. The summed E-state index contributed by atoms with van der Waals surface area (Å²) in [5, 5.41) is 0. The van der Waals surface area contributed by atoms with Crippen LogP contribution in [0.3, 0.4) is 0 Å². The minimum atomic E-state index is 0.414. The summed E-state index contributed by atoms with van der Waals surface area (Å²) in [5.41, 5.74) is 13.3. The van der Waals surface area contributed by atoms with Gasteiger partial charge in [-0.3, -0.25) is 0 Å².